The molecule has 7 heteroatoms. The maximum atomic E-state index is 6.57. The molecule has 0 N–H and O–H groups in total. The number of benzene rings is 1. The third-order valence-electron chi connectivity index (χ3n) is 4.58. The van der Waals surface area contributed by atoms with Crippen LogP contribution in [0.3, 0.4) is 0 Å². The van der Waals surface area contributed by atoms with Crippen LogP contribution in [-0.2, 0) is 0 Å². The van der Waals surface area contributed by atoms with Crippen LogP contribution in [0, 0.1) is 0 Å². The molecule has 0 atom stereocenters. The summed E-state index contributed by atoms with van der Waals surface area (Å²) in [5.74, 6) is 1.77. The van der Waals surface area contributed by atoms with Crippen molar-refractivity contribution >= 4 is 46.4 Å². The molecule has 0 aliphatic carbocycles. The highest BCUT2D eigenvalue weighted by molar-refractivity contribution is 7.98. The van der Waals surface area contributed by atoms with Crippen molar-refractivity contribution in [1.29, 1.82) is 0 Å². The number of ether oxygens (including phenoxy) is 1. The van der Waals surface area contributed by atoms with E-state index in [0.717, 1.165) is 53.5 Å². The minimum atomic E-state index is 0.545. The van der Waals surface area contributed by atoms with Crippen molar-refractivity contribution in [3.63, 3.8) is 0 Å². The molecular formula is C21H25Cl2N3OS. The van der Waals surface area contributed by atoms with Gasteiger partial charge in [-0.3, -0.25) is 4.40 Å². The number of aromatic nitrogens is 2. The van der Waals surface area contributed by atoms with Crippen LogP contribution in [0.15, 0.2) is 35.5 Å². The normalized spacial score (nSPS) is 11.2. The van der Waals surface area contributed by atoms with Crippen LogP contribution < -0.4 is 9.64 Å². The lowest BCUT2D eigenvalue weighted by atomic mass is 10.1. The summed E-state index contributed by atoms with van der Waals surface area (Å²) in [6.45, 7) is 6.39. The number of hydrogen-bond acceptors (Lipinski definition) is 4. The lowest BCUT2D eigenvalue weighted by molar-refractivity contribution is 0.416. The smallest absolute Gasteiger partial charge is 0.147 e. The van der Waals surface area contributed by atoms with E-state index in [4.69, 9.17) is 32.9 Å². The van der Waals surface area contributed by atoms with Gasteiger partial charge in [0.25, 0.3) is 0 Å². The van der Waals surface area contributed by atoms with Gasteiger partial charge in [0, 0.05) is 35.4 Å². The van der Waals surface area contributed by atoms with Crippen LogP contribution in [0.25, 0.3) is 16.8 Å². The van der Waals surface area contributed by atoms with Gasteiger partial charge in [-0.1, -0.05) is 37.0 Å². The summed E-state index contributed by atoms with van der Waals surface area (Å²) in [5.41, 5.74) is 2.60. The fraction of sp³-hybridized carbons (Fsp3) is 0.381. The van der Waals surface area contributed by atoms with Gasteiger partial charge in [-0.15, -0.1) is 11.8 Å². The Morgan fingerprint density at radius 3 is 2.50 bits per heavy atom. The lowest BCUT2D eigenvalue weighted by Gasteiger charge is -2.24. The summed E-state index contributed by atoms with van der Waals surface area (Å²) in [4.78, 5) is 7.38. The second kappa shape index (κ2) is 9.29. The van der Waals surface area contributed by atoms with E-state index < -0.39 is 0 Å². The van der Waals surface area contributed by atoms with Gasteiger partial charge in [-0.25, -0.2) is 4.98 Å². The average molecular weight is 438 g/mol. The molecule has 150 valence electrons. The number of thioether (sulfide) groups is 1. The Bertz CT molecular complexity index is 968. The van der Waals surface area contributed by atoms with Crippen molar-refractivity contribution in [2.24, 2.45) is 0 Å². The Morgan fingerprint density at radius 2 is 1.89 bits per heavy atom. The SMILES string of the molecule is CCCN(CCC)c1c(SC)nc2c(-c3c(Cl)cc(Cl)cc3OC)cccn12. The highest BCUT2D eigenvalue weighted by Gasteiger charge is 2.22. The van der Waals surface area contributed by atoms with E-state index in [0.29, 0.717) is 15.8 Å². The van der Waals surface area contributed by atoms with Gasteiger partial charge in [0.2, 0.25) is 0 Å². The third-order valence-corrected chi connectivity index (χ3v) is 5.76. The zero-order valence-electron chi connectivity index (χ0n) is 16.6. The number of methoxy groups -OCH3 is 1. The first-order valence-electron chi connectivity index (χ1n) is 9.39. The molecule has 0 aliphatic heterocycles. The van der Waals surface area contributed by atoms with Gasteiger partial charge in [0.05, 0.1) is 12.1 Å². The van der Waals surface area contributed by atoms with Crippen LogP contribution in [0.1, 0.15) is 26.7 Å². The van der Waals surface area contributed by atoms with Gasteiger partial charge in [-0.2, -0.15) is 0 Å². The molecule has 0 bridgehead atoms. The lowest BCUT2D eigenvalue weighted by Crippen LogP contribution is -2.26. The summed E-state index contributed by atoms with van der Waals surface area (Å²) < 4.78 is 7.74. The first-order valence-corrected chi connectivity index (χ1v) is 11.4. The minimum Gasteiger partial charge on any atom is -0.496 e. The largest absolute Gasteiger partial charge is 0.496 e. The predicted molar refractivity (Wildman–Crippen MR) is 122 cm³/mol. The highest BCUT2D eigenvalue weighted by atomic mass is 35.5. The topological polar surface area (TPSA) is 29.8 Å². The Morgan fingerprint density at radius 1 is 1.18 bits per heavy atom. The molecule has 2 aromatic heterocycles. The molecule has 2 heterocycles. The van der Waals surface area contributed by atoms with Crippen molar-refractivity contribution in [3.8, 4) is 16.9 Å². The summed E-state index contributed by atoms with van der Waals surface area (Å²) in [5, 5.41) is 2.11. The van der Waals surface area contributed by atoms with Crippen LogP contribution in [0.4, 0.5) is 5.82 Å². The van der Waals surface area contributed by atoms with E-state index in [2.05, 4.69) is 35.6 Å². The Labute approximate surface area is 180 Å². The standard InChI is InChI=1S/C21H25Cl2N3OS/c1-5-9-25(10-6-2)21-20(28-4)24-19-15(8-7-11-26(19)21)18-16(23)12-14(22)13-17(18)27-3/h7-8,11-13H,5-6,9-10H2,1-4H3. The van der Waals surface area contributed by atoms with Crippen molar-refractivity contribution in [3.05, 3.63) is 40.5 Å². The number of nitrogens with zero attached hydrogens (tertiary/aromatic N) is 3. The average Bonchev–Trinajstić information content (AvgIpc) is 3.06. The van der Waals surface area contributed by atoms with E-state index in [1.54, 1.807) is 31.0 Å². The number of anilines is 1. The first-order chi connectivity index (χ1) is 13.5. The van der Waals surface area contributed by atoms with Gasteiger partial charge >= 0.3 is 0 Å². The van der Waals surface area contributed by atoms with Crippen LogP contribution in [0.5, 0.6) is 5.75 Å². The van der Waals surface area contributed by atoms with E-state index >= 15 is 0 Å². The zero-order valence-corrected chi connectivity index (χ0v) is 19.0. The predicted octanol–water partition coefficient (Wildman–Crippen LogP) is 6.67. The van der Waals surface area contributed by atoms with Gasteiger partial charge < -0.3 is 9.64 Å². The molecule has 0 amide bonds. The first kappa shape index (κ1) is 21.2. The molecule has 3 aromatic rings. The van der Waals surface area contributed by atoms with Crippen molar-refractivity contribution < 1.29 is 4.74 Å². The molecule has 1 aromatic carbocycles. The summed E-state index contributed by atoms with van der Waals surface area (Å²) >= 11 is 14.4. The molecule has 3 rings (SSSR count). The molecule has 0 radical (unpaired) electrons. The second-order valence-corrected chi connectivity index (χ2v) is 8.15. The molecule has 0 saturated heterocycles. The molecule has 0 spiro atoms. The van der Waals surface area contributed by atoms with Gasteiger partial charge in [0.1, 0.15) is 22.2 Å². The third kappa shape index (κ3) is 3.93. The molecule has 28 heavy (non-hydrogen) atoms. The number of pyridine rings is 1. The fourth-order valence-electron chi connectivity index (χ4n) is 3.49. The highest BCUT2D eigenvalue weighted by Crippen LogP contribution is 2.42. The monoisotopic (exact) mass is 437 g/mol. The van der Waals surface area contributed by atoms with Crippen LogP contribution in [0.2, 0.25) is 10.0 Å². The zero-order chi connectivity index (χ0) is 20.3. The van der Waals surface area contributed by atoms with Gasteiger partial charge in [-0.05, 0) is 43.4 Å². The number of imidazole rings is 1. The molecule has 0 aliphatic rings. The quantitative estimate of drug-likeness (QED) is 0.368. The van der Waals surface area contributed by atoms with E-state index in [1.165, 1.54) is 0 Å². The Hall–Kier alpha value is -1.56. The summed E-state index contributed by atoms with van der Waals surface area (Å²) in [6, 6.07) is 7.58. The molecular weight excluding hydrogens is 413 g/mol. The van der Waals surface area contributed by atoms with Crippen molar-refractivity contribution in [2.45, 2.75) is 31.7 Å². The Balaban J connectivity index is 2.29. The maximum absolute atomic E-state index is 6.57. The minimum absolute atomic E-state index is 0.545. The fourth-order valence-corrected chi connectivity index (χ4v) is 4.65. The number of halogens is 2. The van der Waals surface area contributed by atoms with E-state index in [9.17, 15) is 0 Å². The van der Waals surface area contributed by atoms with E-state index in [1.807, 2.05) is 12.1 Å². The number of fused-ring (bicyclic) bond motifs is 1. The Kier molecular flexibility index (Phi) is 7.02. The van der Waals surface area contributed by atoms with E-state index in [-0.39, 0.29) is 0 Å². The molecule has 0 unspecified atom stereocenters. The van der Waals surface area contributed by atoms with Crippen molar-refractivity contribution in [2.75, 3.05) is 31.4 Å². The summed E-state index contributed by atoms with van der Waals surface area (Å²) in [6.07, 6.45) is 6.29. The second-order valence-electron chi connectivity index (χ2n) is 6.51. The molecule has 0 fully saturated rings. The summed E-state index contributed by atoms with van der Waals surface area (Å²) in [7, 11) is 1.63. The maximum Gasteiger partial charge on any atom is 0.147 e. The van der Waals surface area contributed by atoms with Crippen molar-refractivity contribution in [1.82, 2.24) is 9.38 Å². The molecule has 4 nitrogen and oxygen atoms in total. The van der Waals surface area contributed by atoms with Crippen LogP contribution >= 0.6 is 35.0 Å². The van der Waals surface area contributed by atoms with Crippen LogP contribution in [-0.4, -0.2) is 35.8 Å². The van der Waals surface area contributed by atoms with Gasteiger partial charge in [0.15, 0.2) is 0 Å². The number of rotatable bonds is 8. The number of hydrogen-bond donors (Lipinski definition) is 0. The molecule has 0 saturated carbocycles.